The molecule has 1 aliphatic heterocycles. The van der Waals surface area contributed by atoms with Crippen LogP contribution in [0.3, 0.4) is 0 Å². The maximum absolute atomic E-state index is 4.27. The van der Waals surface area contributed by atoms with Gasteiger partial charge in [0.25, 0.3) is 0 Å². The lowest BCUT2D eigenvalue weighted by Crippen LogP contribution is -1.96. The van der Waals surface area contributed by atoms with Crippen molar-refractivity contribution in [2.24, 2.45) is 0 Å². The number of hydrogen-bond donors (Lipinski definition) is 1. The van der Waals surface area contributed by atoms with Crippen LogP contribution in [-0.2, 0) is 6.42 Å². The number of benzene rings is 1. The van der Waals surface area contributed by atoms with Crippen LogP contribution in [0, 0.1) is 0 Å². The van der Waals surface area contributed by atoms with Crippen molar-refractivity contribution in [1.29, 1.82) is 0 Å². The van der Waals surface area contributed by atoms with Gasteiger partial charge < -0.3 is 9.88 Å². The number of fused-ring (bicyclic) bond motifs is 1. The summed E-state index contributed by atoms with van der Waals surface area (Å²) in [7, 11) is 0. The molecule has 4 nitrogen and oxygen atoms in total. The molecule has 1 N–H and O–H groups in total. The number of hydrogen-bond acceptors (Lipinski definition) is 3. The Morgan fingerprint density at radius 2 is 2.24 bits per heavy atom. The maximum atomic E-state index is 4.27. The second-order valence-corrected chi connectivity index (χ2v) is 4.84. The summed E-state index contributed by atoms with van der Waals surface area (Å²) in [5, 5.41) is 11.7. The third-order valence-corrected chi connectivity index (χ3v) is 3.59. The van der Waals surface area contributed by atoms with E-state index in [9.17, 15) is 0 Å². The molecule has 1 aliphatic carbocycles. The monoisotopic (exact) mass is 226 g/mol. The summed E-state index contributed by atoms with van der Waals surface area (Å²) in [4.78, 5) is 0. The van der Waals surface area contributed by atoms with Gasteiger partial charge in [0.1, 0.15) is 6.33 Å². The Hall–Kier alpha value is -1.84. The van der Waals surface area contributed by atoms with Crippen LogP contribution in [0.15, 0.2) is 24.5 Å². The SMILES string of the molecule is c1cc2c(cc1-c1nncn1C1CC1)CCN2. The lowest BCUT2D eigenvalue weighted by molar-refractivity contribution is 0.746. The highest BCUT2D eigenvalue weighted by Crippen LogP contribution is 2.38. The normalized spacial score (nSPS) is 17.9. The molecule has 1 aromatic carbocycles. The summed E-state index contributed by atoms with van der Waals surface area (Å²) in [5.41, 5.74) is 3.86. The second kappa shape index (κ2) is 3.32. The molecule has 2 aromatic rings. The van der Waals surface area contributed by atoms with Gasteiger partial charge in [-0.15, -0.1) is 10.2 Å². The Morgan fingerprint density at radius 1 is 1.29 bits per heavy atom. The summed E-state index contributed by atoms with van der Waals surface area (Å²) < 4.78 is 2.21. The Labute approximate surface area is 99.7 Å². The topological polar surface area (TPSA) is 42.7 Å². The Balaban J connectivity index is 1.80. The van der Waals surface area contributed by atoms with Gasteiger partial charge in [-0.3, -0.25) is 0 Å². The van der Waals surface area contributed by atoms with Crippen LogP contribution in [0.2, 0.25) is 0 Å². The van der Waals surface area contributed by atoms with E-state index in [1.54, 1.807) is 0 Å². The molecule has 0 amide bonds. The van der Waals surface area contributed by atoms with Gasteiger partial charge in [0.05, 0.1) is 0 Å². The van der Waals surface area contributed by atoms with Crippen molar-refractivity contribution in [2.75, 3.05) is 11.9 Å². The van der Waals surface area contributed by atoms with E-state index < -0.39 is 0 Å². The number of anilines is 1. The van der Waals surface area contributed by atoms with Gasteiger partial charge in [0.15, 0.2) is 5.82 Å². The maximum Gasteiger partial charge on any atom is 0.164 e. The first-order valence-corrected chi connectivity index (χ1v) is 6.18. The number of aromatic nitrogens is 3. The molecule has 0 unspecified atom stereocenters. The summed E-state index contributed by atoms with van der Waals surface area (Å²) >= 11 is 0. The average molecular weight is 226 g/mol. The first-order valence-electron chi connectivity index (χ1n) is 6.18. The van der Waals surface area contributed by atoms with Crippen molar-refractivity contribution in [3.63, 3.8) is 0 Å². The lowest BCUT2D eigenvalue weighted by atomic mass is 10.1. The first kappa shape index (κ1) is 9.22. The van der Waals surface area contributed by atoms with Crippen LogP contribution < -0.4 is 5.32 Å². The molecule has 1 fully saturated rings. The predicted octanol–water partition coefficient (Wildman–Crippen LogP) is 2.25. The predicted molar refractivity (Wildman–Crippen MR) is 65.9 cm³/mol. The fourth-order valence-electron chi connectivity index (χ4n) is 2.51. The highest BCUT2D eigenvalue weighted by atomic mass is 15.3. The van der Waals surface area contributed by atoms with Crippen molar-refractivity contribution in [3.05, 3.63) is 30.1 Å². The molecule has 4 heteroatoms. The van der Waals surface area contributed by atoms with E-state index in [2.05, 4.69) is 38.3 Å². The molecular formula is C13H14N4. The van der Waals surface area contributed by atoms with Gasteiger partial charge in [-0.1, -0.05) is 0 Å². The summed E-state index contributed by atoms with van der Waals surface area (Å²) in [6.07, 6.45) is 5.49. The molecule has 4 rings (SSSR count). The zero-order valence-electron chi connectivity index (χ0n) is 9.56. The summed E-state index contributed by atoms with van der Waals surface area (Å²) in [6, 6.07) is 7.17. The zero-order valence-corrected chi connectivity index (χ0v) is 9.56. The smallest absolute Gasteiger partial charge is 0.164 e. The van der Waals surface area contributed by atoms with E-state index in [0.29, 0.717) is 6.04 Å². The van der Waals surface area contributed by atoms with E-state index in [1.165, 1.54) is 29.7 Å². The van der Waals surface area contributed by atoms with E-state index >= 15 is 0 Å². The molecule has 0 saturated heterocycles. The molecule has 2 heterocycles. The van der Waals surface area contributed by atoms with E-state index in [0.717, 1.165) is 18.8 Å². The molecule has 2 aliphatic rings. The van der Waals surface area contributed by atoms with Crippen LogP contribution in [0.5, 0.6) is 0 Å². The van der Waals surface area contributed by atoms with E-state index in [1.807, 2.05) is 6.33 Å². The van der Waals surface area contributed by atoms with Crippen LogP contribution in [0.4, 0.5) is 5.69 Å². The van der Waals surface area contributed by atoms with Crippen LogP contribution in [0.25, 0.3) is 11.4 Å². The van der Waals surface area contributed by atoms with E-state index in [-0.39, 0.29) is 0 Å². The summed E-state index contributed by atoms with van der Waals surface area (Å²) in [6.45, 7) is 1.05. The fraction of sp³-hybridized carbons (Fsp3) is 0.385. The molecular weight excluding hydrogens is 212 g/mol. The molecule has 0 radical (unpaired) electrons. The molecule has 1 saturated carbocycles. The lowest BCUT2D eigenvalue weighted by Gasteiger charge is -2.06. The van der Waals surface area contributed by atoms with Gasteiger partial charge in [0.2, 0.25) is 0 Å². The standard InChI is InChI=1S/C13H14N4/c1-4-12-9(5-6-14-12)7-10(1)13-16-15-8-17(13)11-2-3-11/h1,4,7-8,11,14H,2-3,5-6H2. The largest absolute Gasteiger partial charge is 0.384 e. The van der Waals surface area contributed by atoms with Crippen molar-refractivity contribution in [2.45, 2.75) is 25.3 Å². The molecule has 1 aromatic heterocycles. The van der Waals surface area contributed by atoms with Gasteiger partial charge in [-0.05, 0) is 43.0 Å². The minimum absolute atomic E-state index is 0.631. The third kappa shape index (κ3) is 1.44. The zero-order chi connectivity index (χ0) is 11.2. The Morgan fingerprint density at radius 3 is 3.12 bits per heavy atom. The fourth-order valence-corrected chi connectivity index (χ4v) is 2.51. The molecule has 86 valence electrons. The molecule has 0 atom stereocenters. The minimum Gasteiger partial charge on any atom is -0.384 e. The Kier molecular flexibility index (Phi) is 1.80. The first-order chi connectivity index (χ1) is 8.42. The van der Waals surface area contributed by atoms with Gasteiger partial charge in [0, 0.05) is 23.8 Å². The average Bonchev–Trinajstić information content (AvgIpc) is 2.93. The van der Waals surface area contributed by atoms with Crippen LogP contribution >= 0.6 is 0 Å². The minimum atomic E-state index is 0.631. The third-order valence-electron chi connectivity index (χ3n) is 3.59. The second-order valence-electron chi connectivity index (χ2n) is 4.84. The number of nitrogens with zero attached hydrogens (tertiary/aromatic N) is 3. The van der Waals surface area contributed by atoms with E-state index in [4.69, 9.17) is 0 Å². The number of rotatable bonds is 2. The molecule has 0 spiro atoms. The van der Waals surface area contributed by atoms with Gasteiger partial charge in [-0.25, -0.2) is 0 Å². The molecule has 0 bridgehead atoms. The summed E-state index contributed by atoms with van der Waals surface area (Å²) in [5.74, 6) is 1.02. The quantitative estimate of drug-likeness (QED) is 0.854. The number of nitrogens with one attached hydrogen (secondary N) is 1. The Bertz CT molecular complexity index is 569. The van der Waals surface area contributed by atoms with Crippen molar-refractivity contribution in [1.82, 2.24) is 14.8 Å². The van der Waals surface area contributed by atoms with Crippen LogP contribution in [0.1, 0.15) is 24.4 Å². The van der Waals surface area contributed by atoms with Crippen molar-refractivity contribution >= 4 is 5.69 Å². The van der Waals surface area contributed by atoms with Gasteiger partial charge in [-0.2, -0.15) is 0 Å². The van der Waals surface area contributed by atoms with Crippen LogP contribution in [-0.4, -0.2) is 21.3 Å². The highest BCUT2D eigenvalue weighted by molar-refractivity contribution is 5.66. The highest BCUT2D eigenvalue weighted by Gasteiger charge is 2.26. The molecule has 17 heavy (non-hydrogen) atoms. The van der Waals surface area contributed by atoms with Crippen molar-refractivity contribution < 1.29 is 0 Å². The van der Waals surface area contributed by atoms with Gasteiger partial charge >= 0.3 is 0 Å². The van der Waals surface area contributed by atoms with Crippen molar-refractivity contribution in [3.8, 4) is 11.4 Å².